The molecular formula is C23H18F8N2O3S. The summed E-state index contributed by atoms with van der Waals surface area (Å²) in [6, 6.07) is 6.18. The first-order valence-corrected chi connectivity index (χ1v) is 12.1. The Balaban J connectivity index is 2.13. The lowest BCUT2D eigenvalue weighted by Crippen LogP contribution is -2.50. The maximum atomic E-state index is 14.5. The molecule has 1 saturated carbocycles. The number of amides is 1. The summed E-state index contributed by atoms with van der Waals surface area (Å²) in [6.45, 7) is 0. The van der Waals surface area contributed by atoms with Gasteiger partial charge in [0.15, 0.2) is 9.84 Å². The lowest BCUT2D eigenvalue weighted by atomic mass is 9.89. The Bertz CT molecular complexity index is 1290. The highest BCUT2D eigenvalue weighted by molar-refractivity contribution is 7.92. The van der Waals surface area contributed by atoms with E-state index < -0.39 is 62.4 Å². The minimum atomic E-state index is -6.35. The highest BCUT2D eigenvalue weighted by atomic mass is 32.2. The van der Waals surface area contributed by atoms with Crippen molar-refractivity contribution in [2.45, 2.75) is 59.4 Å². The molecule has 0 aromatic heterocycles. The maximum Gasteiger partial charge on any atom is 0.435 e. The topological polar surface area (TPSA) is 87.0 Å². The van der Waals surface area contributed by atoms with E-state index in [2.05, 4.69) is 5.32 Å². The van der Waals surface area contributed by atoms with Crippen LogP contribution in [0.25, 0.3) is 0 Å². The second-order valence-corrected chi connectivity index (χ2v) is 10.8. The SMILES string of the molecule is N#CCC(=O)NC1CCC(c2ccc(C(F)(C(F)(F)F)C(F)(F)F)cc2)(S(=O)(=O)c2ccc(F)cc2)C1. The van der Waals surface area contributed by atoms with Gasteiger partial charge in [0.25, 0.3) is 0 Å². The van der Waals surface area contributed by atoms with Gasteiger partial charge in [-0.2, -0.15) is 31.6 Å². The number of hydrogen-bond donors (Lipinski definition) is 1. The molecule has 0 saturated heterocycles. The van der Waals surface area contributed by atoms with Gasteiger partial charge in [0.05, 0.1) is 11.0 Å². The van der Waals surface area contributed by atoms with Crippen LogP contribution in [-0.4, -0.2) is 32.7 Å². The van der Waals surface area contributed by atoms with Gasteiger partial charge in [-0.25, -0.2) is 17.2 Å². The van der Waals surface area contributed by atoms with E-state index in [0.717, 1.165) is 24.3 Å². The molecule has 1 aliphatic rings. The molecule has 0 bridgehead atoms. The highest BCUT2D eigenvalue weighted by Gasteiger charge is 2.73. The second kappa shape index (κ2) is 9.59. The molecular weight excluding hydrogens is 536 g/mol. The first-order chi connectivity index (χ1) is 17.0. The molecule has 1 N–H and O–H groups in total. The van der Waals surface area contributed by atoms with Crippen molar-refractivity contribution in [2.24, 2.45) is 0 Å². The van der Waals surface area contributed by atoms with E-state index in [1.807, 2.05) is 0 Å². The van der Waals surface area contributed by atoms with Crippen LogP contribution in [0.15, 0.2) is 53.4 Å². The van der Waals surface area contributed by atoms with Crippen LogP contribution in [0, 0.1) is 17.1 Å². The number of nitrogens with zero attached hydrogens (tertiary/aromatic N) is 1. The van der Waals surface area contributed by atoms with Crippen molar-refractivity contribution >= 4 is 15.7 Å². The third kappa shape index (κ3) is 4.88. The molecule has 14 heteroatoms. The zero-order valence-corrected chi connectivity index (χ0v) is 19.4. The van der Waals surface area contributed by atoms with Gasteiger partial charge in [-0.3, -0.25) is 4.79 Å². The summed E-state index contributed by atoms with van der Waals surface area (Å²) in [5.74, 6) is -1.47. The molecule has 5 nitrogen and oxygen atoms in total. The lowest BCUT2D eigenvalue weighted by molar-refractivity contribution is -0.348. The molecule has 1 fully saturated rings. The summed E-state index contributed by atoms with van der Waals surface area (Å²) in [4.78, 5) is 11.5. The van der Waals surface area contributed by atoms with Gasteiger partial charge in [0, 0.05) is 11.6 Å². The second-order valence-electron chi connectivity index (χ2n) is 8.53. The molecule has 0 spiro atoms. The highest BCUT2D eigenvalue weighted by Crippen LogP contribution is 2.54. The van der Waals surface area contributed by atoms with Gasteiger partial charge >= 0.3 is 18.0 Å². The number of rotatable bonds is 6. The van der Waals surface area contributed by atoms with Crippen LogP contribution in [-0.2, 0) is 25.0 Å². The van der Waals surface area contributed by atoms with Crippen LogP contribution in [0.3, 0.4) is 0 Å². The number of nitrogens with one attached hydrogen (secondary N) is 1. The average Bonchev–Trinajstić information content (AvgIpc) is 3.23. The van der Waals surface area contributed by atoms with Gasteiger partial charge in [0.1, 0.15) is 17.0 Å². The van der Waals surface area contributed by atoms with Crippen molar-refractivity contribution in [2.75, 3.05) is 0 Å². The number of halogens is 8. The molecule has 3 rings (SSSR count). The van der Waals surface area contributed by atoms with E-state index in [4.69, 9.17) is 5.26 Å². The Kier molecular flexibility index (Phi) is 7.35. The molecule has 0 aliphatic heterocycles. The average molecular weight is 554 g/mol. The smallest absolute Gasteiger partial charge is 0.352 e. The third-order valence-corrected chi connectivity index (χ3v) is 8.83. The van der Waals surface area contributed by atoms with Crippen molar-refractivity contribution in [1.29, 1.82) is 5.26 Å². The minimum absolute atomic E-state index is 0.0253. The lowest BCUT2D eigenvalue weighted by Gasteiger charge is -2.32. The molecule has 37 heavy (non-hydrogen) atoms. The van der Waals surface area contributed by atoms with E-state index in [0.29, 0.717) is 12.1 Å². The number of carbonyl (C=O) groups is 1. The first kappa shape index (κ1) is 28.4. The number of hydrogen-bond acceptors (Lipinski definition) is 4. The number of sulfone groups is 1. The minimum Gasteiger partial charge on any atom is -0.352 e. The molecule has 2 atom stereocenters. The van der Waals surface area contributed by atoms with E-state index in [9.17, 15) is 48.3 Å². The summed E-state index contributed by atoms with van der Waals surface area (Å²) < 4.78 is 132. The Morgan fingerprint density at radius 1 is 0.973 bits per heavy atom. The van der Waals surface area contributed by atoms with Gasteiger partial charge in [-0.15, -0.1) is 0 Å². The largest absolute Gasteiger partial charge is 0.435 e. The number of benzene rings is 2. The number of carbonyl (C=O) groups excluding carboxylic acids is 1. The molecule has 2 aromatic rings. The summed E-state index contributed by atoms with van der Waals surface area (Å²) >= 11 is 0. The van der Waals surface area contributed by atoms with Crippen molar-refractivity contribution in [3.63, 3.8) is 0 Å². The quantitative estimate of drug-likeness (QED) is 0.385. The monoisotopic (exact) mass is 554 g/mol. The standard InChI is InChI=1S/C23H18F8N2O3S/c24-16-5-7-18(8-6-16)37(35,36)20(11-9-17(13-20)33-19(34)10-12-32)14-1-3-15(4-2-14)21(25,22(26,27)28)23(29,30)31/h1-8,17H,9-11,13H2,(H,33,34). The van der Waals surface area contributed by atoms with E-state index in [1.54, 1.807) is 6.07 Å². The zero-order valence-electron chi connectivity index (χ0n) is 18.6. The van der Waals surface area contributed by atoms with Crippen molar-refractivity contribution < 1.29 is 48.3 Å². The molecule has 0 heterocycles. The van der Waals surface area contributed by atoms with Crippen molar-refractivity contribution in [1.82, 2.24) is 5.32 Å². The normalized spacial score (nSPS) is 20.9. The van der Waals surface area contributed by atoms with E-state index in [1.165, 1.54) is 0 Å². The van der Waals surface area contributed by atoms with Crippen LogP contribution < -0.4 is 5.32 Å². The van der Waals surface area contributed by atoms with Gasteiger partial charge < -0.3 is 5.32 Å². The van der Waals surface area contributed by atoms with Crippen molar-refractivity contribution in [3.8, 4) is 6.07 Å². The first-order valence-electron chi connectivity index (χ1n) is 10.6. The van der Waals surface area contributed by atoms with Crippen LogP contribution in [0.2, 0.25) is 0 Å². The van der Waals surface area contributed by atoms with Gasteiger partial charge in [-0.1, -0.05) is 24.3 Å². The van der Waals surface area contributed by atoms with Gasteiger partial charge in [-0.05, 0) is 49.1 Å². The van der Waals surface area contributed by atoms with E-state index in [-0.39, 0.29) is 41.9 Å². The molecule has 1 amide bonds. The van der Waals surface area contributed by atoms with E-state index >= 15 is 0 Å². The van der Waals surface area contributed by atoms with Crippen LogP contribution in [0.5, 0.6) is 0 Å². The maximum absolute atomic E-state index is 14.5. The van der Waals surface area contributed by atoms with Crippen LogP contribution >= 0.6 is 0 Å². The Morgan fingerprint density at radius 2 is 1.51 bits per heavy atom. The summed E-state index contributed by atoms with van der Waals surface area (Å²) in [7, 11) is -4.48. The fourth-order valence-electron chi connectivity index (χ4n) is 4.48. The summed E-state index contributed by atoms with van der Waals surface area (Å²) in [5, 5.41) is 11.1. The Hall–Kier alpha value is -3.21. The number of nitriles is 1. The fraction of sp³-hybridized carbons (Fsp3) is 0.391. The molecule has 200 valence electrons. The zero-order chi connectivity index (χ0) is 27.9. The predicted molar refractivity (Wildman–Crippen MR) is 113 cm³/mol. The number of alkyl halides is 7. The van der Waals surface area contributed by atoms with Gasteiger partial charge in [0.2, 0.25) is 5.91 Å². The Labute approximate surface area is 206 Å². The third-order valence-electron chi connectivity index (χ3n) is 6.31. The fourth-order valence-corrected chi connectivity index (χ4v) is 6.67. The molecule has 2 aromatic carbocycles. The Morgan fingerprint density at radius 3 is 2.00 bits per heavy atom. The van der Waals surface area contributed by atoms with Crippen LogP contribution in [0.4, 0.5) is 35.1 Å². The molecule has 0 radical (unpaired) electrons. The predicted octanol–water partition coefficient (Wildman–Crippen LogP) is 5.37. The summed E-state index contributed by atoms with van der Waals surface area (Å²) in [6.07, 6.45) is -13.8. The van der Waals surface area contributed by atoms with Crippen LogP contribution in [0.1, 0.15) is 36.8 Å². The van der Waals surface area contributed by atoms with Crippen molar-refractivity contribution in [3.05, 3.63) is 65.5 Å². The molecule has 1 aliphatic carbocycles. The molecule has 2 unspecified atom stereocenters. The summed E-state index contributed by atoms with van der Waals surface area (Å²) in [5.41, 5.74) is -7.74.